The van der Waals surface area contributed by atoms with E-state index in [4.69, 9.17) is 4.74 Å². The molecule has 3 aromatic carbocycles. The van der Waals surface area contributed by atoms with Crippen LogP contribution in [0.15, 0.2) is 79.0 Å². The molecule has 42 heavy (non-hydrogen) atoms. The Balaban J connectivity index is 1.59. The lowest BCUT2D eigenvalue weighted by Gasteiger charge is -2.19. The molecule has 0 bridgehead atoms. The highest BCUT2D eigenvalue weighted by molar-refractivity contribution is 7.98. The molecule has 0 saturated carbocycles. The predicted molar refractivity (Wildman–Crippen MR) is 173 cm³/mol. The van der Waals surface area contributed by atoms with Gasteiger partial charge in [-0.15, -0.1) is 11.3 Å². The van der Waals surface area contributed by atoms with E-state index in [1.807, 2.05) is 74.0 Å². The lowest BCUT2D eigenvalue weighted by Crippen LogP contribution is -2.41. The minimum atomic E-state index is -1.03. The molecule has 1 amide bonds. The third-order valence-corrected chi connectivity index (χ3v) is 8.89. The summed E-state index contributed by atoms with van der Waals surface area (Å²) >= 11 is 3.22. The van der Waals surface area contributed by atoms with Crippen LogP contribution < -0.4 is 5.32 Å². The van der Waals surface area contributed by atoms with Gasteiger partial charge in [-0.05, 0) is 66.2 Å². The normalized spacial score (nSPS) is 12.5. The molecule has 2 unspecified atom stereocenters. The van der Waals surface area contributed by atoms with E-state index >= 15 is 0 Å². The first kappa shape index (κ1) is 31.5. The van der Waals surface area contributed by atoms with Crippen molar-refractivity contribution in [2.45, 2.75) is 58.3 Å². The van der Waals surface area contributed by atoms with Crippen LogP contribution in [-0.2, 0) is 16.1 Å². The van der Waals surface area contributed by atoms with Crippen molar-refractivity contribution in [2.75, 3.05) is 12.0 Å². The van der Waals surface area contributed by atoms with E-state index in [0.29, 0.717) is 24.3 Å². The zero-order valence-corrected chi connectivity index (χ0v) is 26.0. The topological polar surface area (TPSA) is 88.5 Å². The number of hydrogen-bond donors (Lipinski definition) is 2. The summed E-state index contributed by atoms with van der Waals surface area (Å²) in [4.78, 5) is 31.0. The van der Waals surface area contributed by atoms with Gasteiger partial charge in [0, 0.05) is 17.3 Å². The zero-order chi connectivity index (χ0) is 29.9. The van der Waals surface area contributed by atoms with Gasteiger partial charge in [0.05, 0.1) is 17.6 Å². The number of rotatable bonds is 15. The number of thiazole rings is 1. The fourth-order valence-corrected chi connectivity index (χ4v) is 6.23. The average Bonchev–Trinajstić information content (AvgIpc) is 3.50. The Bertz CT molecular complexity index is 1470. The summed E-state index contributed by atoms with van der Waals surface area (Å²) in [5, 5.41) is 13.4. The number of thioether (sulfide) groups is 1. The molecule has 0 radical (unpaired) electrons. The Kier molecular flexibility index (Phi) is 11.7. The molecular formula is C34H38N2O4S2. The molecule has 1 heterocycles. The van der Waals surface area contributed by atoms with Crippen LogP contribution in [0.25, 0.3) is 21.7 Å². The number of aliphatic carboxylic acids is 1. The SMILES string of the molecule is CCCCC(OCc1ccc(C(=O)NC(CCSC)C(=O)O)c(-c2ccccc2C)c1)c1cnc(-c2ccccc2)s1. The van der Waals surface area contributed by atoms with Crippen molar-refractivity contribution in [1.82, 2.24) is 10.3 Å². The molecule has 1 aromatic heterocycles. The van der Waals surface area contributed by atoms with Crippen LogP contribution in [0.1, 0.15) is 65.1 Å². The van der Waals surface area contributed by atoms with Gasteiger partial charge in [0.2, 0.25) is 0 Å². The van der Waals surface area contributed by atoms with Crippen molar-refractivity contribution in [3.63, 3.8) is 0 Å². The smallest absolute Gasteiger partial charge is 0.326 e. The van der Waals surface area contributed by atoms with Crippen molar-refractivity contribution in [3.8, 4) is 21.7 Å². The number of carbonyl (C=O) groups is 2. The van der Waals surface area contributed by atoms with Crippen LogP contribution in [0.4, 0.5) is 0 Å². The van der Waals surface area contributed by atoms with Crippen LogP contribution in [0.3, 0.4) is 0 Å². The number of carboxylic acids is 1. The standard InChI is InChI=1S/C34H38N2O4S2/c1-4-5-15-30(31-21-35-33(42-31)25-12-7-6-8-13-25)40-22-24-16-17-27(28(20-24)26-14-10-9-11-23(26)2)32(37)36-29(34(38)39)18-19-41-3/h6-14,16-17,20-21,29-30H,4-5,15,18-19,22H2,1-3H3,(H,36,37)(H,38,39). The molecule has 0 fully saturated rings. The fourth-order valence-electron chi connectivity index (χ4n) is 4.75. The van der Waals surface area contributed by atoms with Gasteiger partial charge in [-0.2, -0.15) is 11.8 Å². The van der Waals surface area contributed by atoms with Gasteiger partial charge < -0.3 is 15.2 Å². The van der Waals surface area contributed by atoms with E-state index in [-0.39, 0.29) is 6.10 Å². The maximum Gasteiger partial charge on any atom is 0.326 e. The van der Waals surface area contributed by atoms with Gasteiger partial charge in [0.1, 0.15) is 11.0 Å². The summed E-state index contributed by atoms with van der Waals surface area (Å²) in [6.45, 7) is 4.56. The Morgan fingerprint density at radius 2 is 1.79 bits per heavy atom. The summed E-state index contributed by atoms with van der Waals surface area (Å²) in [7, 11) is 0. The number of carbonyl (C=O) groups excluding carboxylic acids is 1. The number of hydrogen-bond acceptors (Lipinski definition) is 6. The third-order valence-electron chi connectivity index (χ3n) is 7.11. The Hall–Kier alpha value is -3.46. The number of aromatic nitrogens is 1. The number of benzene rings is 3. The molecule has 0 spiro atoms. The largest absolute Gasteiger partial charge is 0.480 e. The zero-order valence-electron chi connectivity index (χ0n) is 24.3. The number of ether oxygens (including phenoxy) is 1. The second-order valence-corrected chi connectivity index (χ2v) is 12.3. The second-order valence-electron chi connectivity index (χ2n) is 10.2. The fraction of sp³-hybridized carbons (Fsp3) is 0.324. The Morgan fingerprint density at radius 3 is 2.50 bits per heavy atom. The molecule has 8 heteroatoms. The molecule has 2 atom stereocenters. The minimum absolute atomic E-state index is 0.0856. The van der Waals surface area contributed by atoms with Crippen LogP contribution in [-0.4, -0.2) is 40.0 Å². The molecule has 4 rings (SSSR count). The highest BCUT2D eigenvalue weighted by atomic mass is 32.2. The van der Waals surface area contributed by atoms with Gasteiger partial charge >= 0.3 is 5.97 Å². The predicted octanol–water partition coefficient (Wildman–Crippen LogP) is 8.17. The van der Waals surface area contributed by atoms with Gasteiger partial charge in [-0.1, -0.05) is 80.4 Å². The summed E-state index contributed by atoms with van der Waals surface area (Å²) in [5.74, 6) is -0.783. The highest BCUT2D eigenvalue weighted by Gasteiger charge is 2.23. The summed E-state index contributed by atoms with van der Waals surface area (Å²) in [6, 6.07) is 22.8. The molecule has 220 valence electrons. The van der Waals surface area contributed by atoms with E-state index in [2.05, 4.69) is 29.4 Å². The summed E-state index contributed by atoms with van der Waals surface area (Å²) in [5.41, 5.74) is 5.20. The molecular weight excluding hydrogens is 565 g/mol. The molecule has 6 nitrogen and oxygen atoms in total. The quantitative estimate of drug-likeness (QED) is 0.143. The van der Waals surface area contributed by atoms with Gasteiger partial charge in [0.15, 0.2) is 0 Å². The van der Waals surface area contributed by atoms with E-state index in [9.17, 15) is 14.7 Å². The molecule has 4 aromatic rings. The maximum absolute atomic E-state index is 13.4. The van der Waals surface area contributed by atoms with E-state index in [1.165, 1.54) is 0 Å². The van der Waals surface area contributed by atoms with Crippen molar-refractivity contribution in [3.05, 3.63) is 101 Å². The second kappa shape index (κ2) is 15.7. The van der Waals surface area contributed by atoms with Gasteiger partial charge in [-0.3, -0.25) is 4.79 Å². The monoisotopic (exact) mass is 602 g/mol. The number of nitrogens with one attached hydrogen (secondary N) is 1. The number of aryl methyl sites for hydroxylation is 1. The third kappa shape index (κ3) is 8.31. The lowest BCUT2D eigenvalue weighted by atomic mass is 9.93. The van der Waals surface area contributed by atoms with Crippen LogP contribution in [0.2, 0.25) is 0 Å². The van der Waals surface area contributed by atoms with Crippen molar-refractivity contribution < 1.29 is 19.4 Å². The van der Waals surface area contributed by atoms with E-state index in [1.54, 1.807) is 29.2 Å². The molecule has 0 aliphatic rings. The van der Waals surface area contributed by atoms with Crippen molar-refractivity contribution in [1.29, 1.82) is 0 Å². The van der Waals surface area contributed by atoms with Crippen LogP contribution >= 0.6 is 23.1 Å². The Morgan fingerprint density at radius 1 is 1.02 bits per heavy atom. The number of unbranched alkanes of at least 4 members (excludes halogenated alkanes) is 1. The summed E-state index contributed by atoms with van der Waals surface area (Å²) in [6.07, 6.45) is 7.12. The van der Waals surface area contributed by atoms with Gasteiger partial charge in [-0.25, -0.2) is 9.78 Å². The maximum atomic E-state index is 13.4. The number of nitrogens with zero attached hydrogens (tertiary/aromatic N) is 1. The van der Waals surface area contributed by atoms with Crippen molar-refractivity contribution >= 4 is 35.0 Å². The lowest BCUT2D eigenvalue weighted by molar-refractivity contribution is -0.139. The van der Waals surface area contributed by atoms with Crippen LogP contribution in [0, 0.1) is 6.92 Å². The van der Waals surface area contributed by atoms with Crippen molar-refractivity contribution in [2.24, 2.45) is 0 Å². The molecule has 2 N–H and O–H groups in total. The molecule has 0 aliphatic heterocycles. The molecule has 0 saturated heterocycles. The number of carboxylic acid groups (broad SMARTS) is 1. The first-order valence-corrected chi connectivity index (χ1v) is 16.5. The van der Waals surface area contributed by atoms with Crippen LogP contribution in [0.5, 0.6) is 0 Å². The first-order chi connectivity index (χ1) is 20.4. The minimum Gasteiger partial charge on any atom is -0.480 e. The Labute approximate surface area is 256 Å². The summed E-state index contributed by atoms with van der Waals surface area (Å²) < 4.78 is 6.52. The molecule has 0 aliphatic carbocycles. The van der Waals surface area contributed by atoms with Gasteiger partial charge in [0.25, 0.3) is 5.91 Å². The number of amides is 1. The van der Waals surface area contributed by atoms with E-state index < -0.39 is 17.9 Å². The highest BCUT2D eigenvalue weighted by Crippen LogP contribution is 2.34. The average molecular weight is 603 g/mol. The van der Waals surface area contributed by atoms with E-state index in [0.717, 1.165) is 57.0 Å². The first-order valence-electron chi connectivity index (χ1n) is 14.3.